The van der Waals surface area contributed by atoms with Crippen LogP contribution in [0.5, 0.6) is 0 Å². The van der Waals surface area contributed by atoms with Gasteiger partial charge in [0.15, 0.2) is 0 Å². The van der Waals surface area contributed by atoms with Crippen molar-refractivity contribution in [3.05, 3.63) is 96.4 Å². The van der Waals surface area contributed by atoms with E-state index in [-0.39, 0.29) is 28.3 Å². The second kappa shape index (κ2) is 12.0. The molecule has 3 unspecified atom stereocenters. The van der Waals surface area contributed by atoms with E-state index in [1.807, 2.05) is 17.1 Å². The van der Waals surface area contributed by atoms with Gasteiger partial charge in [-0.25, -0.2) is 4.68 Å². The van der Waals surface area contributed by atoms with E-state index in [1.165, 1.54) is 29.6 Å². The van der Waals surface area contributed by atoms with Gasteiger partial charge in [-0.2, -0.15) is 10.2 Å². The summed E-state index contributed by atoms with van der Waals surface area (Å²) in [7, 11) is -2.76. The van der Waals surface area contributed by atoms with E-state index in [2.05, 4.69) is 128 Å². The summed E-state index contributed by atoms with van der Waals surface area (Å²) < 4.78 is 18.3. The molecule has 3 atom stereocenters. The molecule has 5 aliphatic rings. The molecule has 10 rings (SSSR count). The number of nitrogens with zero attached hydrogens (tertiary/aromatic N) is 6. The fraction of sp³-hybridized carbons (Fsp3) is 0.463. The molecule has 3 aliphatic carbocycles. The van der Waals surface area contributed by atoms with Gasteiger partial charge in [0.2, 0.25) is 0 Å². The van der Waals surface area contributed by atoms with Crippen LogP contribution in [0.3, 0.4) is 0 Å². The minimum atomic E-state index is -2.76. The van der Waals surface area contributed by atoms with Crippen LogP contribution in [0.15, 0.2) is 91.4 Å². The van der Waals surface area contributed by atoms with Crippen LogP contribution in [0, 0.1) is 5.92 Å². The van der Waals surface area contributed by atoms with E-state index in [4.69, 9.17) is 31.0 Å². The zero-order valence-electron chi connectivity index (χ0n) is 30.4. The van der Waals surface area contributed by atoms with E-state index >= 15 is 0 Å². The molecule has 3 aromatic carbocycles. The Balaban J connectivity index is 0.988. The number of aromatic nitrogens is 4. The zero-order chi connectivity index (χ0) is 35.2. The van der Waals surface area contributed by atoms with E-state index in [1.54, 1.807) is 0 Å². The maximum Gasteiger partial charge on any atom is 0.261 e. The summed E-state index contributed by atoms with van der Waals surface area (Å²) in [6.07, 6.45) is 9.74. The maximum atomic E-state index is 7.72. The lowest BCUT2D eigenvalue weighted by atomic mass is 9.50. The van der Waals surface area contributed by atoms with Crippen LogP contribution in [0.2, 0.25) is 10.1 Å². The van der Waals surface area contributed by atoms with Crippen molar-refractivity contribution in [1.82, 2.24) is 24.5 Å². The third-order valence-electron chi connectivity index (χ3n) is 12.7. The topological polar surface area (TPSA) is 60.6 Å². The van der Waals surface area contributed by atoms with Crippen molar-refractivity contribution < 1.29 is 9.16 Å². The highest BCUT2D eigenvalue weighted by atomic mass is 35.5. The average molecular weight is 721 g/mol. The normalized spacial score (nSPS) is 28.2. The number of ether oxygens (including phenoxy) is 1. The molecule has 5 fully saturated rings. The SMILES string of the molecule is CC1CN(C2(C)COCC2O[Si](c2ccccc2)(c2ccccc2)C(C)(C)C)CCN1c1cc2c(cnn2-c2cnn(C34CC(C3)C4)c2)cc1Cl. The van der Waals surface area contributed by atoms with Crippen molar-refractivity contribution in [1.29, 1.82) is 0 Å². The van der Waals surface area contributed by atoms with E-state index in [0.29, 0.717) is 13.2 Å². The van der Waals surface area contributed by atoms with Crippen molar-refractivity contribution in [2.75, 3.05) is 37.7 Å². The average Bonchev–Trinajstić information content (AvgIpc) is 3.81. The maximum absolute atomic E-state index is 7.72. The molecular formula is C41H49ClN6O2Si. The summed E-state index contributed by atoms with van der Waals surface area (Å²) in [5.41, 5.74) is 3.08. The van der Waals surface area contributed by atoms with Crippen molar-refractivity contribution >= 4 is 46.9 Å². The van der Waals surface area contributed by atoms with Crippen molar-refractivity contribution in [3.63, 3.8) is 0 Å². The Bertz CT molecular complexity index is 2000. The lowest BCUT2D eigenvalue weighted by Gasteiger charge is -2.61. The van der Waals surface area contributed by atoms with E-state index < -0.39 is 8.32 Å². The third kappa shape index (κ3) is 5.17. The second-order valence-corrected chi connectivity index (χ2v) is 21.6. The predicted octanol–water partition coefficient (Wildman–Crippen LogP) is 6.63. The largest absolute Gasteiger partial charge is 0.400 e. The Morgan fingerprint density at radius 1 is 0.922 bits per heavy atom. The van der Waals surface area contributed by atoms with Gasteiger partial charge in [-0.15, -0.1) is 0 Å². The first-order valence-electron chi connectivity index (χ1n) is 18.6. The van der Waals surface area contributed by atoms with Crippen molar-refractivity contribution in [3.8, 4) is 5.69 Å². The second-order valence-electron chi connectivity index (χ2n) is 16.9. The van der Waals surface area contributed by atoms with Gasteiger partial charge in [0.25, 0.3) is 8.32 Å². The van der Waals surface area contributed by atoms with Gasteiger partial charge in [0.1, 0.15) is 5.69 Å². The predicted molar refractivity (Wildman–Crippen MR) is 207 cm³/mol. The summed E-state index contributed by atoms with van der Waals surface area (Å²) in [5.74, 6) is 0.903. The molecular weight excluding hydrogens is 672 g/mol. The minimum absolute atomic E-state index is 0.0805. The molecule has 2 saturated heterocycles. The molecule has 2 aromatic heterocycles. The summed E-state index contributed by atoms with van der Waals surface area (Å²) in [6.45, 7) is 15.6. The molecule has 0 amide bonds. The first-order valence-corrected chi connectivity index (χ1v) is 20.9. The van der Waals surface area contributed by atoms with Gasteiger partial charge in [-0.3, -0.25) is 9.58 Å². The van der Waals surface area contributed by atoms with Crippen LogP contribution < -0.4 is 15.3 Å². The third-order valence-corrected chi connectivity index (χ3v) is 18.0. The summed E-state index contributed by atoms with van der Waals surface area (Å²) in [6, 6.07) is 26.4. The Morgan fingerprint density at radius 2 is 1.61 bits per heavy atom. The highest BCUT2D eigenvalue weighted by Crippen LogP contribution is 2.62. The first-order chi connectivity index (χ1) is 24.5. The highest BCUT2D eigenvalue weighted by molar-refractivity contribution is 6.99. The summed E-state index contributed by atoms with van der Waals surface area (Å²) in [4.78, 5) is 5.09. The first kappa shape index (κ1) is 33.4. The Labute approximate surface area is 307 Å². The number of rotatable bonds is 8. The quantitative estimate of drug-likeness (QED) is 0.168. The molecule has 0 spiro atoms. The summed E-state index contributed by atoms with van der Waals surface area (Å²) in [5, 5.41) is 13.8. The fourth-order valence-electron chi connectivity index (χ4n) is 9.64. The minimum Gasteiger partial charge on any atom is -0.400 e. The van der Waals surface area contributed by atoms with Crippen LogP contribution in [-0.2, 0) is 14.7 Å². The van der Waals surface area contributed by atoms with Crippen LogP contribution in [0.4, 0.5) is 5.69 Å². The van der Waals surface area contributed by atoms with Crippen molar-refractivity contribution in [2.24, 2.45) is 5.92 Å². The molecule has 266 valence electrons. The number of benzene rings is 3. The van der Waals surface area contributed by atoms with Crippen LogP contribution in [0.1, 0.15) is 53.9 Å². The fourth-order valence-corrected chi connectivity index (χ4v) is 14.7. The highest BCUT2D eigenvalue weighted by Gasteiger charge is 2.59. The lowest BCUT2D eigenvalue weighted by Crippen LogP contribution is -2.71. The Kier molecular flexibility index (Phi) is 7.87. The molecule has 51 heavy (non-hydrogen) atoms. The number of hydrogen-bond donors (Lipinski definition) is 0. The number of halogens is 1. The lowest BCUT2D eigenvalue weighted by molar-refractivity contribution is -0.0977. The van der Waals surface area contributed by atoms with E-state index in [9.17, 15) is 0 Å². The number of piperazine rings is 1. The zero-order valence-corrected chi connectivity index (χ0v) is 32.2. The molecule has 8 nitrogen and oxygen atoms in total. The van der Waals surface area contributed by atoms with E-state index in [0.717, 1.165) is 52.9 Å². The Hall–Kier alpha value is -3.47. The van der Waals surface area contributed by atoms with Crippen LogP contribution in [0.25, 0.3) is 16.6 Å². The van der Waals surface area contributed by atoms with Crippen molar-refractivity contribution in [2.45, 2.75) is 82.1 Å². The number of hydrogen-bond acceptors (Lipinski definition) is 6. The molecule has 2 aliphatic heterocycles. The van der Waals surface area contributed by atoms with Crippen LogP contribution >= 0.6 is 11.6 Å². The molecule has 5 aromatic rings. The molecule has 3 saturated carbocycles. The molecule has 0 N–H and O–H groups in total. The van der Waals surface area contributed by atoms with Gasteiger partial charge in [-0.05, 0) is 66.6 Å². The van der Waals surface area contributed by atoms with Gasteiger partial charge >= 0.3 is 0 Å². The molecule has 2 bridgehead atoms. The summed E-state index contributed by atoms with van der Waals surface area (Å²) >= 11 is 7.05. The monoisotopic (exact) mass is 720 g/mol. The van der Waals surface area contributed by atoms with Gasteiger partial charge < -0.3 is 14.1 Å². The molecule has 10 heteroatoms. The number of anilines is 1. The van der Waals surface area contributed by atoms with Gasteiger partial charge in [0.05, 0.1) is 65.2 Å². The Morgan fingerprint density at radius 3 is 2.22 bits per heavy atom. The smallest absolute Gasteiger partial charge is 0.261 e. The van der Waals surface area contributed by atoms with Crippen LogP contribution in [-0.4, -0.2) is 83.3 Å². The molecule has 0 radical (unpaired) electrons. The molecule has 4 heterocycles. The van der Waals surface area contributed by atoms with Gasteiger partial charge in [0, 0.05) is 31.1 Å². The number of fused-ring (bicyclic) bond motifs is 1. The van der Waals surface area contributed by atoms with Gasteiger partial charge in [-0.1, -0.05) is 93.0 Å². The standard InChI is InChI=1S/C41H49ClN6O2Si/c1-29-25-45(40(5)28-49-27-38(40)50-51(39(2,3)4,33-12-8-6-9-13-33)34-14-10-7-11-15-34)16-17-46(29)37-19-36-31(18-35(37)42)23-44-48(36)32-24-43-47(26-32)41-20-30(21-41)22-41/h6-15,18-19,23-24,26,29-30,38H,16-17,20-22,25,27-28H2,1-5H3.